The lowest BCUT2D eigenvalue weighted by molar-refractivity contribution is -0.609. The predicted octanol–water partition coefficient (Wildman–Crippen LogP) is 1.86. The molecule has 0 fully saturated rings. The molecule has 0 aliphatic carbocycles. The highest BCUT2D eigenvalue weighted by Gasteiger charge is 2.34. The topological polar surface area (TPSA) is 50.7 Å². The van der Waals surface area contributed by atoms with Gasteiger partial charge in [0, 0.05) is 0 Å². The molecule has 1 heterocycles. The fraction of sp³-hybridized carbons (Fsp3) is 0.143. The monoisotopic (exact) mass is 222 g/mol. The predicted molar refractivity (Wildman–Crippen MR) is 40.1 cm³/mol. The molecular weight excluding hydrogens is 221 g/mol. The molecule has 0 aliphatic rings. The number of halogens is 4. The van der Waals surface area contributed by atoms with Crippen LogP contribution in [0.25, 0.3) is 0 Å². The van der Waals surface area contributed by atoms with E-state index in [1.165, 1.54) is 6.07 Å². The first-order valence-corrected chi connectivity index (χ1v) is 3.64. The average molecular weight is 223 g/mol. The Labute approximate surface area is 81.5 Å². The normalized spacial score (nSPS) is 11.1. The van der Waals surface area contributed by atoms with Crippen LogP contribution >= 0.6 is 11.6 Å². The van der Waals surface area contributed by atoms with E-state index in [0.29, 0.717) is 6.07 Å². The Kier molecular flexibility index (Phi) is 2.53. The molecule has 3 nitrogen and oxygen atoms in total. The molecular formula is C7H2ClF3N2O. The summed E-state index contributed by atoms with van der Waals surface area (Å²) in [5.74, 6) is 0. The van der Waals surface area contributed by atoms with Gasteiger partial charge in [-0.05, 0) is 6.07 Å². The minimum Gasteiger partial charge on any atom is -0.618 e. The second-order valence-electron chi connectivity index (χ2n) is 2.36. The molecule has 0 atom stereocenters. The molecule has 7 heteroatoms. The van der Waals surface area contributed by atoms with E-state index in [0.717, 1.165) is 0 Å². The van der Waals surface area contributed by atoms with Crippen LogP contribution < -0.4 is 4.73 Å². The third-order valence-corrected chi connectivity index (χ3v) is 1.71. The molecule has 74 valence electrons. The number of hydrogen-bond acceptors (Lipinski definition) is 2. The van der Waals surface area contributed by atoms with Crippen LogP contribution in [0.1, 0.15) is 11.3 Å². The van der Waals surface area contributed by atoms with Crippen molar-refractivity contribution in [2.75, 3.05) is 0 Å². The Balaban J connectivity index is 3.37. The van der Waals surface area contributed by atoms with E-state index in [-0.39, 0.29) is 10.9 Å². The maximum Gasteiger partial charge on any atom is 0.422 e. The van der Waals surface area contributed by atoms with Crippen molar-refractivity contribution in [1.82, 2.24) is 0 Å². The van der Waals surface area contributed by atoms with Gasteiger partial charge in [0.15, 0.2) is 12.3 Å². The van der Waals surface area contributed by atoms with Crippen LogP contribution in [0.2, 0.25) is 5.02 Å². The van der Waals surface area contributed by atoms with Gasteiger partial charge in [-0.3, -0.25) is 0 Å². The van der Waals surface area contributed by atoms with Crippen molar-refractivity contribution in [1.29, 1.82) is 5.26 Å². The number of pyridine rings is 1. The zero-order valence-corrected chi connectivity index (χ0v) is 7.23. The van der Waals surface area contributed by atoms with Gasteiger partial charge in [-0.2, -0.15) is 23.2 Å². The molecule has 0 aliphatic heterocycles. The fourth-order valence-corrected chi connectivity index (χ4v) is 1.04. The Hall–Kier alpha value is -1.48. The Morgan fingerprint density at radius 3 is 2.43 bits per heavy atom. The number of hydrogen-bond donors (Lipinski definition) is 0. The maximum atomic E-state index is 12.1. The first kappa shape index (κ1) is 10.6. The molecule has 14 heavy (non-hydrogen) atoms. The average Bonchev–Trinajstić information content (AvgIpc) is 2.01. The van der Waals surface area contributed by atoms with E-state index >= 15 is 0 Å². The molecule has 1 rings (SSSR count). The van der Waals surface area contributed by atoms with E-state index in [1.807, 2.05) is 0 Å². The molecule has 0 aromatic carbocycles. The van der Waals surface area contributed by atoms with Crippen molar-refractivity contribution in [2.45, 2.75) is 6.18 Å². The summed E-state index contributed by atoms with van der Waals surface area (Å²) in [4.78, 5) is 0. The standard InChI is InChI=1S/C7H2ClF3N2O/c8-5-1-4(7(9,10)11)3-13(14)6(5)2-12/h1,3H. The summed E-state index contributed by atoms with van der Waals surface area (Å²) < 4.78 is 36.1. The number of rotatable bonds is 0. The highest BCUT2D eigenvalue weighted by atomic mass is 35.5. The molecule has 0 saturated heterocycles. The van der Waals surface area contributed by atoms with Crippen molar-refractivity contribution in [3.05, 3.63) is 33.8 Å². The molecule has 0 N–H and O–H groups in total. The van der Waals surface area contributed by atoms with Crippen LogP contribution in [0.3, 0.4) is 0 Å². The summed E-state index contributed by atoms with van der Waals surface area (Å²) >= 11 is 5.30. The summed E-state index contributed by atoms with van der Waals surface area (Å²) in [6.07, 6.45) is -4.38. The summed E-state index contributed by atoms with van der Waals surface area (Å²) in [5, 5.41) is 18.7. The van der Waals surface area contributed by atoms with Crippen LogP contribution in [-0.2, 0) is 6.18 Å². The highest BCUT2D eigenvalue weighted by molar-refractivity contribution is 6.31. The van der Waals surface area contributed by atoms with Gasteiger partial charge in [-0.1, -0.05) is 11.6 Å². The zero-order valence-electron chi connectivity index (χ0n) is 6.47. The van der Waals surface area contributed by atoms with Gasteiger partial charge in [0.2, 0.25) is 0 Å². The van der Waals surface area contributed by atoms with Crippen LogP contribution in [-0.4, -0.2) is 0 Å². The number of nitrogens with zero attached hydrogens (tertiary/aromatic N) is 2. The van der Waals surface area contributed by atoms with E-state index in [4.69, 9.17) is 16.9 Å². The van der Waals surface area contributed by atoms with Crippen molar-refractivity contribution >= 4 is 11.6 Å². The van der Waals surface area contributed by atoms with Crippen LogP contribution in [0, 0.1) is 16.5 Å². The van der Waals surface area contributed by atoms with E-state index < -0.39 is 22.5 Å². The second-order valence-corrected chi connectivity index (χ2v) is 2.77. The van der Waals surface area contributed by atoms with Crippen molar-refractivity contribution in [3.63, 3.8) is 0 Å². The Morgan fingerprint density at radius 2 is 2.07 bits per heavy atom. The largest absolute Gasteiger partial charge is 0.618 e. The zero-order chi connectivity index (χ0) is 10.9. The second kappa shape index (κ2) is 3.35. The van der Waals surface area contributed by atoms with Gasteiger partial charge in [0.1, 0.15) is 10.6 Å². The van der Waals surface area contributed by atoms with Crippen LogP contribution in [0.15, 0.2) is 12.3 Å². The third-order valence-electron chi connectivity index (χ3n) is 1.42. The molecule has 0 unspecified atom stereocenters. The molecule has 0 saturated carbocycles. The number of nitriles is 1. The Bertz CT molecular complexity index is 387. The quantitative estimate of drug-likeness (QED) is 0.497. The third kappa shape index (κ3) is 1.88. The van der Waals surface area contributed by atoms with E-state index in [1.54, 1.807) is 0 Å². The summed E-state index contributed by atoms with van der Waals surface area (Å²) in [7, 11) is 0. The maximum absolute atomic E-state index is 12.1. The SMILES string of the molecule is N#Cc1c(Cl)cc(C(F)(F)F)c[n+]1[O-]. The molecule has 0 bridgehead atoms. The van der Waals surface area contributed by atoms with E-state index in [9.17, 15) is 18.4 Å². The molecule has 1 aromatic rings. The number of alkyl halides is 3. The van der Waals surface area contributed by atoms with Gasteiger partial charge in [0.05, 0.1) is 0 Å². The Morgan fingerprint density at radius 1 is 1.50 bits per heavy atom. The lowest BCUT2D eigenvalue weighted by atomic mass is 10.2. The van der Waals surface area contributed by atoms with Gasteiger partial charge < -0.3 is 5.21 Å². The van der Waals surface area contributed by atoms with E-state index in [2.05, 4.69) is 0 Å². The fourth-order valence-electron chi connectivity index (χ4n) is 0.796. The van der Waals surface area contributed by atoms with Crippen molar-refractivity contribution < 1.29 is 17.9 Å². The summed E-state index contributed by atoms with van der Waals surface area (Å²) in [6, 6.07) is 1.93. The number of aromatic nitrogens is 1. The molecule has 0 spiro atoms. The lowest BCUT2D eigenvalue weighted by Gasteiger charge is -2.07. The van der Waals surface area contributed by atoms with Crippen molar-refractivity contribution in [2.24, 2.45) is 0 Å². The van der Waals surface area contributed by atoms with Crippen LogP contribution in [0.4, 0.5) is 13.2 Å². The summed E-state index contributed by atoms with van der Waals surface area (Å²) in [5.41, 5.74) is -1.74. The first-order valence-electron chi connectivity index (χ1n) is 3.26. The van der Waals surface area contributed by atoms with Crippen molar-refractivity contribution in [3.8, 4) is 6.07 Å². The molecule has 1 aromatic heterocycles. The minimum atomic E-state index is -4.65. The smallest absolute Gasteiger partial charge is 0.422 e. The summed E-state index contributed by atoms with van der Waals surface area (Å²) in [6.45, 7) is 0. The van der Waals surface area contributed by atoms with Gasteiger partial charge >= 0.3 is 11.9 Å². The highest BCUT2D eigenvalue weighted by Crippen LogP contribution is 2.30. The molecule has 0 amide bonds. The van der Waals surface area contributed by atoms with Crippen LogP contribution in [0.5, 0.6) is 0 Å². The first-order chi connectivity index (χ1) is 6.36. The van der Waals surface area contributed by atoms with Gasteiger partial charge in [-0.25, -0.2) is 0 Å². The molecule has 0 radical (unpaired) electrons. The lowest BCUT2D eigenvalue weighted by Crippen LogP contribution is -2.32. The minimum absolute atomic E-state index is 0.203. The van der Waals surface area contributed by atoms with Gasteiger partial charge in [0.25, 0.3) is 0 Å². The van der Waals surface area contributed by atoms with Gasteiger partial charge in [-0.15, -0.1) is 0 Å².